The summed E-state index contributed by atoms with van der Waals surface area (Å²) in [6, 6.07) is 49.5. The molecule has 50 heavy (non-hydrogen) atoms. The van der Waals surface area contributed by atoms with Gasteiger partial charge in [0.15, 0.2) is 0 Å². The molecule has 6 aromatic carbocycles. The van der Waals surface area contributed by atoms with Gasteiger partial charge < -0.3 is 9.47 Å². The van der Waals surface area contributed by atoms with Crippen molar-refractivity contribution in [2.24, 2.45) is 0 Å². The Kier molecular flexibility index (Phi) is 7.97. The van der Waals surface area contributed by atoms with Gasteiger partial charge in [-0.15, -0.1) is 0 Å². The van der Waals surface area contributed by atoms with Gasteiger partial charge in [0, 0.05) is 11.3 Å². The highest BCUT2D eigenvalue weighted by Crippen LogP contribution is 2.51. The Bertz CT molecular complexity index is 2330. The van der Waals surface area contributed by atoms with Crippen LogP contribution in [0.25, 0.3) is 0 Å². The van der Waals surface area contributed by atoms with E-state index in [0.717, 1.165) is 16.7 Å². The topological polar surface area (TPSA) is 134 Å². The molecule has 6 aromatic rings. The van der Waals surface area contributed by atoms with Crippen LogP contribution in [0.5, 0.6) is 23.0 Å². The first-order valence-corrected chi connectivity index (χ1v) is 15.5. The summed E-state index contributed by atoms with van der Waals surface area (Å²) >= 11 is 0. The zero-order valence-corrected chi connectivity index (χ0v) is 26.2. The Morgan fingerprint density at radius 1 is 0.500 bits per heavy atom. The van der Waals surface area contributed by atoms with Crippen molar-refractivity contribution >= 4 is 11.6 Å². The quantitative estimate of drug-likeness (QED) is 0.169. The van der Waals surface area contributed by atoms with E-state index >= 15 is 0 Å². The van der Waals surface area contributed by atoms with E-state index in [-0.39, 0.29) is 39.7 Å². The summed E-state index contributed by atoms with van der Waals surface area (Å²) in [5.41, 5.74) is 3.13. The van der Waals surface area contributed by atoms with Crippen molar-refractivity contribution < 1.29 is 14.3 Å². The molecule has 0 N–H and O–H groups in total. The summed E-state index contributed by atoms with van der Waals surface area (Å²) in [5.74, 6) is 1.23. The monoisotopic (exact) mass is 645 g/mol. The number of para-hydroxylation sites is 1. The van der Waals surface area contributed by atoms with E-state index in [2.05, 4.69) is 12.1 Å². The molecule has 0 atom stereocenters. The van der Waals surface area contributed by atoms with E-state index in [4.69, 9.17) is 9.47 Å². The summed E-state index contributed by atoms with van der Waals surface area (Å²) in [6.07, 6.45) is 0. The number of carbonyl (C=O) groups excluding carboxylic acids is 1. The van der Waals surface area contributed by atoms with Crippen molar-refractivity contribution in [3.05, 3.63) is 184 Å². The lowest BCUT2D eigenvalue weighted by atomic mass is 9.76. The van der Waals surface area contributed by atoms with Gasteiger partial charge in [0.1, 0.15) is 63.9 Å². The van der Waals surface area contributed by atoms with Crippen molar-refractivity contribution in [2.45, 2.75) is 5.54 Å². The molecule has 8 nitrogen and oxygen atoms in total. The minimum atomic E-state index is -1.14. The first-order chi connectivity index (χ1) is 24.5. The van der Waals surface area contributed by atoms with Crippen LogP contribution in [-0.4, -0.2) is 5.91 Å². The third-order valence-electron chi connectivity index (χ3n) is 8.62. The van der Waals surface area contributed by atoms with E-state index in [0.29, 0.717) is 22.7 Å². The number of fused-ring (bicyclic) bond motifs is 1. The van der Waals surface area contributed by atoms with Crippen molar-refractivity contribution in [3.8, 4) is 47.3 Å². The van der Waals surface area contributed by atoms with Crippen molar-refractivity contribution in [1.29, 1.82) is 21.0 Å². The Labute approximate surface area is 288 Å². The van der Waals surface area contributed by atoms with Gasteiger partial charge in [0.25, 0.3) is 5.91 Å². The Morgan fingerprint density at radius 3 is 1.46 bits per heavy atom. The molecule has 0 aromatic heterocycles. The van der Waals surface area contributed by atoms with Crippen molar-refractivity contribution in [2.75, 3.05) is 4.90 Å². The summed E-state index contributed by atoms with van der Waals surface area (Å²) < 4.78 is 12.2. The average molecular weight is 646 g/mol. The second-order valence-electron chi connectivity index (χ2n) is 11.3. The molecule has 0 fully saturated rings. The van der Waals surface area contributed by atoms with Crippen LogP contribution >= 0.6 is 0 Å². The number of carbonyl (C=O) groups is 1. The minimum Gasteiger partial charge on any atom is -0.456 e. The van der Waals surface area contributed by atoms with E-state index in [1.54, 1.807) is 65.6 Å². The van der Waals surface area contributed by atoms with Crippen molar-refractivity contribution in [3.63, 3.8) is 0 Å². The van der Waals surface area contributed by atoms with Gasteiger partial charge in [-0.3, -0.25) is 9.69 Å². The molecular formula is C42H23N5O3. The molecule has 1 aliphatic heterocycles. The summed E-state index contributed by atoms with van der Waals surface area (Å²) in [6.45, 7) is 0. The first kappa shape index (κ1) is 31.0. The van der Waals surface area contributed by atoms with Crippen LogP contribution in [-0.2, 0) is 5.54 Å². The van der Waals surface area contributed by atoms with E-state index < -0.39 is 5.54 Å². The van der Waals surface area contributed by atoms with E-state index in [9.17, 15) is 25.8 Å². The molecule has 1 amide bonds. The van der Waals surface area contributed by atoms with Gasteiger partial charge in [0.05, 0.1) is 11.1 Å². The van der Waals surface area contributed by atoms with Crippen LogP contribution in [0, 0.1) is 45.3 Å². The molecule has 0 saturated carbocycles. The lowest BCUT2D eigenvalue weighted by Crippen LogP contribution is -2.46. The molecule has 1 aliphatic rings. The molecule has 1 heterocycles. The van der Waals surface area contributed by atoms with Crippen LogP contribution in [0.1, 0.15) is 49.3 Å². The fraction of sp³-hybridized carbons (Fsp3) is 0.0238. The first-order valence-electron chi connectivity index (χ1n) is 15.5. The lowest BCUT2D eigenvalue weighted by Gasteiger charge is -2.40. The normalized spacial score (nSPS) is 12.5. The third kappa shape index (κ3) is 5.04. The van der Waals surface area contributed by atoms with Gasteiger partial charge in [-0.25, -0.2) is 0 Å². The van der Waals surface area contributed by atoms with Crippen LogP contribution in [0.15, 0.2) is 140 Å². The van der Waals surface area contributed by atoms with Gasteiger partial charge in [-0.2, -0.15) is 21.0 Å². The molecule has 0 unspecified atom stereocenters. The van der Waals surface area contributed by atoms with Crippen LogP contribution < -0.4 is 14.4 Å². The van der Waals surface area contributed by atoms with Crippen LogP contribution in [0.2, 0.25) is 0 Å². The number of nitriles is 4. The zero-order valence-electron chi connectivity index (χ0n) is 26.2. The van der Waals surface area contributed by atoms with Gasteiger partial charge in [-0.1, -0.05) is 72.8 Å². The molecule has 0 spiro atoms. The smallest absolute Gasteiger partial charge is 0.260 e. The summed E-state index contributed by atoms with van der Waals surface area (Å²) in [4.78, 5) is 16.2. The molecular weight excluding hydrogens is 622 g/mol. The Morgan fingerprint density at radius 2 is 0.980 bits per heavy atom. The minimum absolute atomic E-state index is 0.143. The fourth-order valence-electron chi connectivity index (χ4n) is 6.43. The SMILES string of the molecule is N#Cc1cccc(Oc2ccc(C3(c4ccc(Oc5cccc(C#N)c5C#N)cc4)c4ccccc4C(=O)N3c3ccccc3)cc2)c1C#N. The maximum Gasteiger partial charge on any atom is 0.260 e. The summed E-state index contributed by atoms with van der Waals surface area (Å²) in [7, 11) is 0. The lowest BCUT2D eigenvalue weighted by molar-refractivity contribution is 0.0986. The van der Waals surface area contributed by atoms with E-state index in [1.165, 1.54) is 0 Å². The number of hydrogen-bond donors (Lipinski definition) is 0. The largest absolute Gasteiger partial charge is 0.456 e. The number of ether oxygens (including phenoxy) is 2. The molecule has 7 rings (SSSR count). The highest BCUT2D eigenvalue weighted by Gasteiger charge is 2.52. The molecule has 0 aliphatic carbocycles. The standard InChI is InChI=1S/C42H23N5O3/c43-24-28-8-6-14-39(36(28)26-45)49-33-20-16-30(17-21-33)42(38-13-5-4-12-35(38)41(48)47(42)32-10-2-1-3-11-32)31-18-22-34(23-19-31)50-40-15-7-9-29(25-44)37(40)27-46/h1-23H. The number of amides is 1. The van der Waals surface area contributed by atoms with Gasteiger partial charge in [0.2, 0.25) is 0 Å². The maximum atomic E-state index is 14.4. The molecule has 0 radical (unpaired) electrons. The second-order valence-corrected chi connectivity index (χ2v) is 11.3. The Balaban J connectivity index is 1.38. The van der Waals surface area contributed by atoms with Crippen molar-refractivity contribution in [1.82, 2.24) is 0 Å². The second kappa shape index (κ2) is 12.9. The van der Waals surface area contributed by atoms with E-state index in [1.807, 2.05) is 91.0 Å². The number of anilines is 1. The number of rotatable bonds is 7. The summed E-state index contributed by atoms with van der Waals surface area (Å²) in [5, 5.41) is 38.4. The number of hydrogen-bond acceptors (Lipinski definition) is 7. The Hall–Kier alpha value is -7.65. The van der Waals surface area contributed by atoms with Gasteiger partial charge >= 0.3 is 0 Å². The van der Waals surface area contributed by atoms with Gasteiger partial charge in [-0.05, 0) is 83.4 Å². The maximum absolute atomic E-state index is 14.4. The number of nitrogens with zero attached hydrogens (tertiary/aromatic N) is 5. The molecule has 0 bridgehead atoms. The third-order valence-corrected chi connectivity index (χ3v) is 8.62. The highest BCUT2D eigenvalue weighted by atomic mass is 16.5. The highest BCUT2D eigenvalue weighted by molar-refractivity contribution is 6.13. The predicted molar refractivity (Wildman–Crippen MR) is 184 cm³/mol. The number of benzene rings is 6. The van der Waals surface area contributed by atoms with Crippen LogP contribution in [0.3, 0.4) is 0 Å². The average Bonchev–Trinajstić information content (AvgIpc) is 3.44. The molecule has 234 valence electrons. The molecule has 8 heteroatoms. The fourth-order valence-corrected chi connectivity index (χ4v) is 6.43. The zero-order chi connectivity index (χ0) is 34.7. The predicted octanol–water partition coefficient (Wildman–Crippen LogP) is 8.71. The molecule has 0 saturated heterocycles. The van der Waals surface area contributed by atoms with Crippen LogP contribution in [0.4, 0.5) is 5.69 Å².